The Morgan fingerprint density at radius 1 is 1.31 bits per heavy atom. The number of hydrogen-bond acceptors (Lipinski definition) is 4. The second kappa shape index (κ2) is 8.31. The zero-order valence-electron chi connectivity index (χ0n) is 22.1. The lowest BCUT2D eigenvalue weighted by Crippen LogP contribution is -2.52. The SMILES string of the molecule is [2H]C1C(=O)NC(=O)[C@@]([2H])(N2Cc3cc(C([2H])([2H])N([2H])C(=O)C(F)(F)c4ccc(Cl)cc4)ccc3C2=O)C1[2H]. The molecular weight excluding hydrogens is 444 g/mol. The highest BCUT2D eigenvalue weighted by atomic mass is 35.5. The Hall–Kier alpha value is -3.33. The molecule has 0 spiro atoms. The first-order chi connectivity index (χ1) is 17.5. The number of benzene rings is 2. The summed E-state index contributed by atoms with van der Waals surface area (Å²) in [5.41, 5.74) is -1.35. The van der Waals surface area contributed by atoms with Crippen LogP contribution in [0.3, 0.4) is 0 Å². The maximum absolute atomic E-state index is 14.8. The zero-order valence-corrected chi connectivity index (χ0v) is 16.8. The number of amides is 4. The number of nitrogens with one attached hydrogen (secondary N) is 2. The number of halogens is 3. The Morgan fingerprint density at radius 3 is 2.75 bits per heavy atom. The molecule has 4 amide bonds. The normalized spacial score (nSPS) is 28.5. The first-order valence-corrected chi connectivity index (χ1v) is 9.55. The molecule has 0 saturated carbocycles. The molecule has 0 aromatic heterocycles. The first kappa shape index (κ1) is 15.5. The molecule has 2 N–H and O–H groups in total. The van der Waals surface area contributed by atoms with Crippen LogP contribution in [0.25, 0.3) is 0 Å². The lowest BCUT2D eigenvalue weighted by molar-refractivity contribution is -0.147. The summed E-state index contributed by atoms with van der Waals surface area (Å²) in [6, 6.07) is 4.38. The predicted molar refractivity (Wildman–Crippen MR) is 110 cm³/mol. The monoisotopic (exact) mass is 467 g/mol. The lowest BCUT2D eigenvalue weighted by atomic mass is 10.0. The van der Waals surface area contributed by atoms with Crippen molar-refractivity contribution >= 4 is 35.2 Å². The molecule has 2 aromatic carbocycles. The van der Waals surface area contributed by atoms with Crippen LogP contribution in [0.15, 0.2) is 42.5 Å². The minimum atomic E-state index is -4.28. The Kier molecular flexibility index (Phi) is 4.02. The van der Waals surface area contributed by atoms with Gasteiger partial charge in [0, 0.05) is 38.3 Å². The van der Waals surface area contributed by atoms with Gasteiger partial charge < -0.3 is 10.2 Å². The highest BCUT2D eigenvalue weighted by Gasteiger charge is 2.41. The molecule has 0 bridgehead atoms. The van der Waals surface area contributed by atoms with Crippen LogP contribution < -0.4 is 10.6 Å². The van der Waals surface area contributed by atoms with E-state index < -0.39 is 77.8 Å². The van der Waals surface area contributed by atoms with E-state index in [4.69, 9.17) is 19.9 Å². The van der Waals surface area contributed by atoms with E-state index in [9.17, 15) is 28.0 Å². The number of piperidine rings is 1. The molecule has 2 unspecified atom stereocenters. The topological polar surface area (TPSA) is 95.6 Å². The Labute approximate surface area is 195 Å². The summed E-state index contributed by atoms with van der Waals surface area (Å²) in [5.74, 6) is -9.73. The summed E-state index contributed by atoms with van der Waals surface area (Å²) < 4.78 is 78.3. The number of alkyl halides is 2. The van der Waals surface area contributed by atoms with Crippen LogP contribution in [-0.4, -0.2) is 34.5 Å². The lowest BCUT2D eigenvalue weighted by Gasteiger charge is -2.29. The van der Waals surface area contributed by atoms with E-state index in [-0.39, 0.29) is 16.1 Å². The van der Waals surface area contributed by atoms with Gasteiger partial charge in [-0.05, 0) is 35.7 Å². The van der Waals surface area contributed by atoms with Gasteiger partial charge in [0.15, 0.2) is 1.41 Å². The maximum atomic E-state index is 14.8. The van der Waals surface area contributed by atoms with Gasteiger partial charge in [-0.25, -0.2) is 0 Å². The summed E-state index contributed by atoms with van der Waals surface area (Å²) in [7, 11) is 0. The Balaban J connectivity index is 1.63. The molecular formula is C22H18ClF2N3O4. The number of fused-ring (bicyclic) bond motifs is 1. The standard InChI is InChI=1S/C22H18ClF2N3O4/c23-15-4-2-14(3-5-15)22(24,25)21(32)26-10-12-1-6-16-13(9-12)11-28(20(16)31)17-7-8-18(29)27-19(17)30/h1-6,9,17H,7-8,10-11H2,(H,26,32)(H,27,29,30)/t17-/m0/s1/i7D,8D,10D2,17D/hD/t7?,8?,17-. The second-order valence-corrected chi connectivity index (χ2v) is 7.35. The van der Waals surface area contributed by atoms with Crippen molar-refractivity contribution in [2.24, 2.45) is 0 Å². The van der Waals surface area contributed by atoms with Crippen molar-refractivity contribution in [3.63, 3.8) is 0 Å². The molecule has 1 fully saturated rings. The van der Waals surface area contributed by atoms with Gasteiger partial charge in [0.1, 0.15) is 6.02 Å². The quantitative estimate of drug-likeness (QED) is 0.660. The van der Waals surface area contributed by atoms with Crippen molar-refractivity contribution in [3.05, 3.63) is 69.7 Å². The van der Waals surface area contributed by atoms with Crippen LogP contribution in [0.5, 0.6) is 0 Å². The number of carbonyl (C=O) groups excluding carboxylic acids is 4. The van der Waals surface area contributed by atoms with Crippen molar-refractivity contribution in [2.45, 2.75) is 37.8 Å². The molecule has 7 nitrogen and oxygen atoms in total. The molecule has 0 radical (unpaired) electrons. The van der Waals surface area contributed by atoms with Crippen molar-refractivity contribution < 1.29 is 36.2 Å². The smallest absolute Gasteiger partial charge is 0.346 e. The van der Waals surface area contributed by atoms with Gasteiger partial charge in [-0.15, -0.1) is 0 Å². The van der Waals surface area contributed by atoms with Crippen LogP contribution in [-0.2, 0) is 33.3 Å². The minimum Gasteiger partial charge on any atom is -0.346 e. The third-order valence-electron chi connectivity index (χ3n) is 4.82. The molecule has 2 aliphatic rings. The fourth-order valence-corrected chi connectivity index (χ4v) is 3.34. The van der Waals surface area contributed by atoms with Crippen molar-refractivity contribution in [1.82, 2.24) is 15.5 Å². The number of carbonyl (C=O) groups is 4. The molecule has 2 aliphatic heterocycles. The van der Waals surface area contributed by atoms with E-state index in [2.05, 4.69) is 0 Å². The van der Waals surface area contributed by atoms with E-state index in [1.807, 2.05) is 0 Å². The predicted octanol–water partition coefficient (Wildman–Crippen LogP) is 2.51. The maximum Gasteiger partial charge on any atom is 0.349 e. The average molecular weight is 468 g/mol. The fraction of sp³-hybridized carbons (Fsp3) is 0.273. The average Bonchev–Trinajstić information content (AvgIpc) is 3.21. The number of nitrogens with zero attached hydrogens (tertiary/aromatic N) is 1. The van der Waals surface area contributed by atoms with E-state index in [0.29, 0.717) is 4.90 Å². The van der Waals surface area contributed by atoms with Crippen LogP contribution in [0, 0.1) is 0 Å². The molecule has 2 heterocycles. The largest absolute Gasteiger partial charge is 0.349 e. The van der Waals surface area contributed by atoms with Crippen molar-refractivity contribution in [2.75, 3.05) is 0 Å². The molecule has 3 atom stereocenters. The molecule has 0 aliphatic carbocycles. The van der Waals surface area contributed by atoms with Crippen LogP contribution in [0.1, 0.15) is 46.7 Å². The van der Waals surface area contributed by atoms with Gasteiger partial charge in [0.25, 0.3) is 11.8 Å². The summed E-state index contributed by atoms with van der Waals surface area (Å²) in [4.78, 5) is 50.3. The van der Waals surface area contributed by atoms with Crippen LogP contribution >= 0.6 is 11.6 Å². The van der Waals surface area contributed by atoms with E-state index >= 15 is 0 Å². The van der Waals surface area contributed by atoms with Gasteiger partial charge in [0.2, 0.25) is 11.8 Å². The van der Waals surface area contributed by atoms with Gasteiger partial charge in [0.05, 0.1) is 4.11 Å². The van der Waals surface area contributed by atoms with Gasteiger partial charge in [-0.3, -0.25) is 24.5 Å². The third-order valence-corrected chi connectivity index (χ3v) is 5.08. The zero-order chi connectivity index (χ0) is 28.4. The highest BCUT2D eigenvalue weighted by molar-refractivity contribution is 6.30. The third kappa shape index (κ3) is 4.08. The van der Waals surface area contributed by atoms with E-state index in [0.717, 1.165) is 42.5 Å². The summed E-state index contributed by atoms with van der Waals surface area (Å²) in [5, 5.41) is 1.40. The van der Waals surface area contributed by atoms with Gasteiger partial charge in [-0.2, -0.15) is 8.78 Å². The van der Waals surface area contributed by atoms with Gasteiger partial charge in [-0.1, -0.05) is 35.9 Å². The first-order valence-electron chi connectivity index (χ1n) is 12.3. The summed E-state index contributed by atoms with van der Waals surface area (Å²) in [6.45, 7) is -3.63. The molecule has 166 valence electrons. The number of rotatable bonds is 5. The van der Waals surface area contributed by atoms with Gasteiger partial charge >= 0.3 is 5.92 Å². The van der Waals surface area contributed by atoms with Crippen LogP contribution in [0.2, 0.25) is 6.43 Å². The molecule has 10 heteroatoms. The van der Waals surface area contributed by atoms with Crippen LogP contribution in [0.4, 0.5) is 8.78 Å². The van der Waals surface area contributed by atoms with Crippen molar-refractivity contribution in [1.29, 1.82) is 0 Å². The second-order valence-electron chi connectivity index (χ2n) is 6.91. The fourth-order valence-electron chi connectivity index (χ4n) is 3.21. The molecule has 2 aromatic rings. The van der Waals surface area contributed by atoms with E-state index in [1.165, 1.54) is 0 Å². The molecule has 1 saturated heterocycles. The summed E-state index contributed by atoms with van der Waals surface area (Å²) >= 11 is 5.68. The summed E-state index contributed by atoms with van der Waals surface area (Å²) in [6.07, 6.45) is -3.79. The molecule has 32 heavy (non-hydrogen) atoms. The molecule has 4 rings (SSSR count). The number of imide groups is 1. The van der Waals surface area contributed by atoms with Crippen molar-refractivity contribution in [3.8, 4) is 0 Å². The Morgan fingerprint density at radius 2 is 2.03 bits per heavy atom. The highest BCUT2D eigenvalue weighted by Crippen LogP contribution is 2.30. The van der Waals surface area contributed by atoms with E-state index in [1.54, 1.807) is 5.32 Å². The Bertz CT molecular complexity index is 1370. The number of hydrogen-bond donors (Lipinski definition) is 2. The minimum absolute atomic E-state index is 0.0201.